The predicted octanol–water partition coefficient (Wildman–Crippen LogP) is 2.37. The first kappa shape index (κ1) is 15.5. The van der Waals surface area contributed by atoms with Crippen LogP contribution in [0.2, 0.25) is 0 Å². The molecule has 6 heteroatoms. The fourth-order valence-electron chi connectivity index (χ4n) is 1.81. The summed E-state index contributed by atoms with van der Waals surface area (Å²) in [5.41, 5.74) is 7.76. The minimum Gasteiger partial charge on any atom is -0.508 e. The number of benzene rings is 1. The molecule has 0 aliphatic heterocycles. The van der Waals surface area contributed by atoms with Crippen LogP contribution in [-0.4, -0.2) is 22.0 Å². The smallest absolute Gasteiger partial charge is 0.242 e. The summed E-state index contributed by atoms with van der Waals surface area (Å²) >= 11 is 3.35. The van der Waals surface area contributed by atoms with Gasteiger partial charge >= 0.3 is 0 Å². The maximum absolute atomic E-state index is 12.0. The molecule has 21 heavy (non-hydrogen) atoms. The molecule has 5 nitrogen and oxygen atoms in total. The van der Waals surface area contributed by atoms with Crippen LogP contribution in [0.3, 0.4) is 0 Å². The molecule has 1 amide bonds. The van der Waals surface area contributed by atoms with Crippen LogP contribution < -0.4 is 11.1 Å². The number of amides is 1. The normalized spacial score (nSPS) is 12.0. The quantitative estimate of drug-likeness (QED) is 0.790. The zero-order valence-electron chi connectivity index (χ0n) is 11.5. The standard InChI is InChI=1S/C15H16BrN3O2/c1-9-6-14(18-8-12(9)16)19-15(21)13(17)7-10-2-4-11(20)5-3-10/h2-6,8,13,20H,7,17H2,1H3,(H,18,19,21)/t13-/m0/s1. The van der Waals surface area contributed by atoms with Crippen molar-refractivity contribution in [2.45, 2.75) is 19.4 Å². The van der Waals surface area contributed by atoms with Crippen molar-refractivity contribution in [3.63, 3.8) is 0 Å². The van der Waals surface area contributed by atoms with Gasteiger partial charge in [-0.2, -0.15) is 0 Å². The van der Waals surface area contributed by atoms with E-state index in [9.17, 15) is 9.90 Å². The van der Waals surface area contributed by atoms with E-state index in [2.05, 4.69) is 26.2 Å². The molecule has 0 radical (unpaired) electrons. The molecular weight excluding hydrogens is 334 g/mol. The minimum absolute atomic E-state index is 0.186. The minimum atomic E-state index is -0.680. The zero-order valence-corrected chi connectivity index (χ0v) is 13.1. The van der Waals surface area contributed by atoms with Crippen molar-refractivity contribution in [1.29, 1.82) is 0 Å². The molecule has 2 rings (SSSR count). The number of nitrogens with zero attached hydrogens (tertiary/aromatic N) is 1. The number of aromatic nitrogens is 1. The van der Waals surface area contributed by atoms with Crippen molar-refractivity contribution in [3.05, 3.63) is 52.1 Å². The van der Waals surface area contributed by atoms with Gasteiger partial charge in [0.05, 0.1) is 6.04 Å². The summed E-state index contributed by atoms with van der Waals surface area (Å²) < 4.78 is 0.883. The molecular formula is C15H16BrN3O2. The van der Waals surface area contributed by atoms with Gasteiger partial charge in [-0.3, -0.25) is 4.79 Å². The second-order valence-electron chi connectivity index (χ2n) is 4.79. The number of hydrogen-bond acceptors (Lipinski definition) is 4. The first-order chi connectivity index (χ1) is 9.95. The lowest BCUT2D eigenvalue weighted by atomic mass is 10.1. The lowest BCUT2D eigenvalue weighted by Gasteiger charge is -2.12. The summed E-state index contributed by atoms with van der Waals surface area (Å²) in [5.74, 6) is 0.366. The molecule has 4 N–H and O–H groups in total. The number of rotatable bonds is 4. The highest BCUT2D eigenvalue weighted by Gasteiger charge is 2.15. The van der Waals surface area contributed by atoms with E-state index in [0.29, 0.717) is 12.2 Å². The summed E-state index contributed by atoms with van der Waals surface area (Å²) in [4.78, 5) is 16.2. The van der Waals surface area contributed by atoms with Gasteiger partial charge in [0.2, 0.25) is 5.91 Å². The van der Waals surface area contributed by atoms with E-state index in [4.69, 9.17) is 5.73 Å². The largest absolute Gasteiger partial charge is 0.508 e. The molecule has 2 aromatic rings. The molecule has 0 fully saturated rings. The van der Waals surface area contributed by atoms with Crippen LogP contribution in [0.25, 0.3) is 0 Å². The topological polar surface area (TPSA) is 88.2 Å². The average molecular weight is 350 g/mol. The molecule has 0 aliphatic rings. The fourth-order valence-corrected chi connectivity index (χ4v) is 2.02. The highest BCUT2D eigenvalue weighted by atomic mass is 79.9. The summed E-state index contributed by atoms with van der Waals surface area (Å²) in [5, 5.41) is 11.9. The average Bonchev–Trinajstić information content (AvgIpc) is 2.45. The van der Waals surface area contributed by atoms with E-state index in [1.54, 1.807) is 36.5 Å². The van der Waals surface area contributed by atoms with Crippen LogP contribution in [0.1, 0.15) is 11.1 Å². The number of phenolic OH excluding ortho intramolecular Hbond substituents is 1. The fraction of sp³-hybridized carbons (Fsp3) is 0.200. The molecule has 1 heterocycles. The summed E-state index contributed by atoms with van der Waals surface area (Å²) in [6.07, 6.45) is 2.03. The van der Waals surface area contributed by atoms with Gasteiger partial charge in [-0.25, -0.2) is 4.98 Å². The van der Waals surface area contributed by atoms with E-state index in [1.165, 1.54) is 0 Å². The Morgan fingerprint density at radius 2 is 2.10 bits per heavy atom. The third-order valence-electron chi connectivity index (χ3n) is 3.03. The van der Waals surface area contributed by atoms with Gasteiger partial charge in [-0.1, -0.05) is 12.1 Å². The maximum Gasteiger partial charge on any atom is 0.242 e. The molecule has 0 bridgehead atoms. The molecule has 0 unspecified atom stereocenters. The van der Waals surface area contributed by atoms with Crippen LogP contribution in [0.5, 0.6) is 5.75 Å². The molecule has 110 valence electrons. The number of carbonyl (C=O) groups is 1. The number of hydrogen-bond donors (Lipinski definition) is 3. The Balaban J connectivity index is 1.98. The van der Waals surface area contributed by atoms with E-state index in [0.717, 1.165) is 15.6 Å². The lowest BCUT2D eigenvalue weighted by molar-refractivity contribution is -0.117. The van der Waals surface area contributed by atoms with Crippen molar-refractivity contribution in [2.24, 2.45) is 5.73 Å². The number of phenols is 1. The molecule has 0 spiro atoms. The predicted molar refractivity (Wildman–Crippen MR) is 85.1 cm³/mol. The molecule has 1 aromatic carbocycles. The molecule has 0 saturated carbocycles. The number of nitrogens with one attached hydrogen (secondary N) is 1. The van der Waals surface area contributed by atoms with Crippen LogP contribution in [0, 0.1) is 6.92 Å². The SMILES string of the molecule is Cc1cc(NC(=O)[C@@H](N)Cc2ccc(O)cc2)ncc1Br. The van der Waals surface area contributed by atoms with E-state index >= 15 is 0 Å². The summed E-state index contributed by atoms with van der Waals surface area (Å²) in [6, 6.07) is 7.71. The maximum atomic E-state index is 12.0. The monoisotopic (exact) mass is 349 g/mol. The van der Waals surface area contributed by atoms with Gasteiger partial charge in [-0.05, 0) is 58.6 Å². The van der Waals surface area contributed by atoms with Crippen molar-refractivity contribution in [1.82, 2.24) is 4.98 Å². The Hall–Kier alpha value is -1.92. The van der Waals surface area contributed by atoms with Crippen molar-refractivity contribution in [3.8, 4) is 5.75 Å². The van der Waals surface area contributed by atoms with Crippen molar-refractivity contribution >= 4 is 27.7 Å². The number of pyridine rings is 1. The van der Waals surface area contributed by atoms with Gasteiger partial charge in [0.15, 0.2) is 0 Å². The van der Waals surface area contributed by atoms with Crippen molar-refractivity contribution in [2.75, 3.05) is 5.32 Å². The van der Waals surface area contributed by atoms with E-state index in [-0.39, 0.29) is 11.7 Å². The molecule has 0 aliphatic carbocycles. The Kier molecular flexibility index (Phi) is 4.93. The number of aryl methyl sites for hydroxylation is 1. The second-order valence-corrected chi connectivity index (χ2v) is 5.64. The molecule has 1 atom stereocenters. The highest BCUT2D eigenvalue weighted by Crippen LogP contribution is 2.17. The van der Waals surface area contributed by atoms with E-state index < -0.39 is 6.04 Å². The van der Waals surface area contributed by atoms with Crippen molar-refractivity contribution < 1.29 is 9.90 Å². The van der Waals surface area contributed by atoms with Gasteiger partial charge in [0.25, 0.3) is 0 Å². The summed E-state index contributed by atoms with van der Waals surface area (Å²) in [6.45, 7) is 1.91. The van der Waals surface area contributed by atoms with Crippen LogP contribution in [0.15, 0.2) is 41.0 Å². The van der Waals surface area contributed by atoms with Gasteiger partial charge in [-0.15, -0.1) is 0 Å². The Bertz CT molecular complexity index is 644. The number of aromatic hydroxyl groups is 1. The lowest BCUT2D eigenvalue weighted by Crippen LogP contribution is -2.37. The third-order valence-corrected chi connectivity index (χ3v) is 3.86. The second kappa shape index (κ2) is 6.69. The van der Waals surface area contributed by atoms with E-state index in [1.807, 2.05) is 6.92 Å². The number of halogens is 1. The van der Waals surface area contributed by atoms with Gasteiger partial charge < -0.3 is 16.2 Å². The van der Waals surface area contributed by atoms with Crippen LogP contribution in [-0.2, 0) is 11.2 Å². The first-order valence-electron chi connectivity index (χ1n) is 6.42. The Labute approximate surface area is 131 Å². The highest BCUT2D eigenvalue weighted by molar-refractivity contribution is 9.10. The zero-order chi connectivity index (χ0) is 15.4. The number of anilines is 1. The van der Waals surface area contributed by atoms with Gasteiger partial charge in [0.1, 0.15) is 11.6 Å². The third kappa shape index (κ3) is 4.27. The molecule has 0 saturated heterocycles. The summed E-state index contributed by atoms with van der Waals surface area (Å²) in [7, 11) is 0. The number of nitrogens with two attached hydrogens (primary N) is 1. The first-order valence-corrected chi connectivity index (χ1v) is 7.21. The molecule has 1 aromatic heterocycles. The Morgan fingerprint density at radius 3 is 2.71 bits per heavy atom. The van der Waals surface area contributed by atoms with Crippen LogP contribution >= 0.6 is 15.9 Å². The number of carbonyl (C=O) groups excluding carboxylic acids is 1. The Morgan fingerprint density at radius 1 is 1.43 bits per heavy atom. The van der Waals surface area contributed by atoms with Crippen LogP contribution in [0.4, 0.5) is 5.82 Å². The van der Waals surface area contributed by atoms with Gasteiger partial charge in [0, 0.05) is 10.7 Å².